The van der Waals surface area contributed by atoms with Crippen LogP contribution in [0.5, 0.6) is 0 Å². The molecule has 2 aromatic rings. The fourth-order valence-electron chi connectivity index (χ4n) is 3.45. The first-order valence-electron chi connectivity index (χ1n) is 8.35. The number of halogens is 2. The number of carbonyl (C=O) groups is 1. The largest absolute Gasteiger partial charge is 0.299 e. The van der Waals surface area contributed by atoms with Crippen LogP contribution in [0.4, 0.5) is 10.1 Å². The maximum atomic E-state index is 13.7. The van der Waals surface area contributed by atoms with E-state index in [2.05, 4.69) is 25.9 Å². The maximum absolute atomic E-state index is 13.7. The summed E-state index contributed by atoms with van der Waals surface area (Å²) < 4.78 is 14.1. The highest BCUT2D eigenvalue weighted by Crippen LogP contribution is 2.43. The Balaban J connectivity index is 2.15. The predicted molar refractivity (Wildman–Crippen MR) is 101 cm³/mol. The molecule has 0 amide bonds. The highest BCUT2D eigenvalue weighted by atomic mass is 79.9. The summed E-state index contributed by atoms with van der Waals surface area (Å²) >= 11 is 3.26. The lowest BCUT2D eigenvalue weighted by atomic mass is 9.73. The molecule has 5 heteroatoms. The van der Waals surface area contributed by atoms with Crippen LogP contribution in [0.25, 0.3) is 0 Å². The number of hydrogen-bond acceptors (Lipinski definition) is 3. The molecule has 0 spiro atoms. The summed E-state index contributed by atoms with van der Waals surface area (Å²) in [5, 5.41) is 0. The molecule has 0 fully saturated rings. The Hall–Kier alpha value is -1.88. The Morgan fingerprint density at radius 3 is 2.76 bits per heavy atom. The van der Waals surface area contributed by atoms with Crippen molar-refractivity contribution in [2.24, 2.45) is 16.8 Å². The van der Waals surface area contributed by atoms with Crippen molar-refractivity contribution in [3.05, 3.63) is 58.1 Å². The van der Waals surface area contributed by atoms with Crippen molar-refractivity contribution in [3.63, 3.8) is 0 Å². The molecule has 0 saturated carbocycles. The topological polar surface area (TPSA) is 42.3 Å². The van der Waals surface area contributed by atoms with E-state index in [1.54, 1.807) is 24.5 Å². The van der Waals surface area contributed by atoms with Crippen LogP contribution in [0, 0.1) is 17.7 Å². The maximum Gasteiger partial charge on any atom is 0.142 e. The minimum Gasteiger partial charge on any atom is -0.299 e. The van der Waals surface area contributed by atoms with Gasteiger partial charge >= 0.3 is 0 Å². The van der Waals surface area contributed by atoms with Crippen molar-refractivity contribution in [1.29, 1.82) is 0 Å². The van der Waals surface area contributed by atoms with Gasteiger partial charge in [0.25, 0.3) is 0 Å². The summed E-state index contributed by atoms with van der Waals surface area (Å²) in [6, 6.07) is 6.79. The van der Waals surface area contributed by atoms with Gasteiger partial charge in [-0.05, 0) is 52.5 Å². The zero-order chi connectivity index (χ0) is 18.1. The van der Waals surface area contributed by atoms with Crippen molar-refractivity contribution in [3.8, 4) is 0 Å². The van der Waals surface area contributed by atoms with E-state index in [-0.39, 0.29) is 29.4 Å². The number of pyridine rings is 1. The molecule has 0 N–H and O–H groups in total. The van der Waals surface area contributed by atoms with Gasteiger partial charge in [0.1, 0.15) is 11.6 Å². The van der Waals surface area contributed by atoms with Crippen molar-refractivity contribution in [1.82, 2.24) is 4.98 Å². The Kier molecular flexibility index (Phi) is 5.13. The number of aliphatic imine (C=N–C) groups is 1. The van der Waals surface area contributed by atoms with Crippen LogP contribution >= 0.6 is 15.9 Å². The van der Waals surface area contributed by atoms with Gasteiger partial charge in [-0.3, -0.25) is 14.8 Å². The molecule has 0 radical (unpaired) electrons. The Morgan fingerprint density at radius 2 is 2.08 bits per heavy atom. The highest BCUT2D eigenvalue weighted by molar-refractivity contribution is 9.10. The number of aromatic nitrogens is 1. The molecule has 2 unspecified atom stereocenters. The zero-order valence-corrected chi connectivity index (χ0v) is 16.0. The van der Waals surface area contributed by atoms with E-state index in [1.165, 1.54) is 6.07 Å². The summed E-state index contributed by atoms with van der Waals surface area (Å²) in [5.41, 5.74) is 3.42. The predicted octanol–water partition coefficient (Wildman–Crippen LogP) is 5.45. The van der Waals surface area contributed by atoms with Crippen LogP contribution in [0.15, 0.2) is 46.1 Å². The van der Waals surface area contributed by atoms with Crippen LogP contribution in [-0.2, 0) is 4.79 Å². The second kappa shape index (κ2) is 7.16. The molecule has 1 aliphatic rings. The van der Waals surface area contributed by atoms with Crippen molar-refractivity contribution >= 4 is 33.1 Å². The number of benzene rings is 1. The van der Waals surface area contributed by atoms with Crippen molar-refractivity contribution in [2.45, 2.75) is 33.1 Å². The minimum atomic E-state index is -0.350. The first kappa shape index (κ1) is 17.9. The first-order valence-corrected chi connectivity index (χ1v) is 9.14. The fourth-order valence-corrected chi connectivity index (χ4v) is 3.84. The molecule has 1 aromatic heterocycles. The van der Waals surface area contributed by atoms with Gasteiger partial charge in [-0.15, -0.1) is 0 Å². The zero-order valence-electron chi connectivity index (χ0n) is 14.5. The SMILES string of the molecule is CC1=Nc2ccncc2C(c2ccc(F)c(Br)c2)C1C(=O)CC(C)C. The van der Waals surface area contributed by atoms with Gasteiger partial charge in [0, 0.05) is 36.0 Å². The van der Waals surface area contributed by atoms with E-state index < -0.39 is 0 Å². The Bertz CT molecular complexity index is 847. The average Bonchev–Trinajstić information content (AvgIpc) is 2.55. The number of hydrogen-bond donors (Lipinski definition) is 0. The number of ketones is 1. The molecule has 25 heavy (non-hydrogen) atoms. The van der Waals surface area contributed by atoms with Gasteiger partial charge < -0.3 is 0 Å². The molecule has 0 bridgehead atoms. The van der Waals surface area contributed by atoms with Crippen LogP contribution in [-0.4, -0.2) is 16.5 Å². The van der Waals surface area contributed by atoms with Crippen LogP contribution in [0.1, 0.15) is 44.2 Å². The van der Waals surface area contributed by atoms with Gasteiger partial charge in [-0.2, -0.15) is 0 Å². The lowest BCUT2D eigenvalue weighted by Gasteiger charge is -2.32. The number of rotatable bonds is 4. The quantitative estimate of drug-likeness (QED) is 0.681. The molecule has 130 valence electrons. The standard InChI is InChI=1S/C20H20BrFN2O/c1-11(2)8-18(25)19-12(3)24-17-6-7-23-10-14(17)20(19)13-4-5-16(22)15(21)9-13/h4-7,9-11,19-20H,8H2,1-3H3. The molecule has 0 saturated heterocycles. The second-order valence-corrected chi connectivity index (χ2v) is 7.74. The van der Waals surface area contributed by atoms with E-state index >= 15 is 0 Å². The summed E-state index contributed by atoms with van der Waals surface area (Å²) in [4.78, 5) is 21.8. The van der Waals surface area contributed by atoms with E-state index in [0.717, 1.165) is 22.5 Å². The summed E-state index contributed by atoms with van der Waals surface area (Å²) in [6.45, 7) is 5.97. The highest BCUT2D eigenvalue weighted by Gasteiger charge is 2.37. The molecule has 3 nitrogen and oxygen atoms in total. The lowest BCUT2D eigenvalue weighted by molar-refractivity contribution is -0.122. The van der Waals surface area contributed by atoms with Gasteiger partial charge in [0.2, 0.25) is 0 Å². The normalized spacial score (nSPS) is 19.5. The van der Waals surface area contributed by atoms with Crippen LogP contribution in [0.2, 0.25) is 0 Å². The van der Waals surface area contributed by atoms with E-state index in [4.69, 9.17) is 0 Å². The second-order valence-electron chi connectivity index (χ2n) is 6.88. The smallest absolute Gasteiger partial charge is 0.142 e. The third kappa shape index (κ3) is 3.56. The molecule has 1 aromatic carbocycles. The summed E-state index contributed by atoms with van der Waals surface area (Å²) in [7, 11) is 0. The average molecular weight is 403 g/mol. The molecule has 2 atom stereocenters. The third-order valence-electron chi connectivity index (χ3n) is 4.50. The van der Waals surface area contributed by atoms with Gasteiger partial charge in [-0.25, -0.2) is 4.39 Å². The first-order chi connectivity index (χ1) is 11.9. The third-order valence-corrected chi connectivity index (χ3v) is 5.11. The van der Waals surface area contributed by atoms with E-state index in [0.29, 0.717) is 10.9 Å². The molecular weight excluding hydrogens is 383 g/mol. The van der Waals surface area contributed by atoms with Gasteiger partial charge in [0.15, 0.2) is 0 Å². The minimum absolute atomic E-state index is 0.163. The van der Waals surface area contributed by atoms with Crippen molar-refractivity contribution < 1.29 is 9.18 Å². The van der Waals surface area contributed by atoms with Crippen LogP contribution < -0.4 is 0 Å². The molecular formula is C20H20BrFN2O. The summed E-state index contributed by atoms with van der Waals surface area (Å²) in [6.07, 6.45) is 3.96. The molecule has 1 aliphatic heterocycles. The number of fused-ring (bicyclic) bond motifs is 1. The number of nitrogens with zero attached hydrogens (tertiary/aromatic N) is 2. The molecule has 3 rings (SSSR count). The Morgan fingerprint density at radius 1 is 1.32 bits per heavy atom. The lowest BCUT2D eigenvalue weighted by Crippen LogP contribution is -2.32. The number of Topliss-reactive ketones (excluding diaryl/α,β-unsaturated/α-hetero) is 1. The Labute approximate surface area is 155 Å². The van der Waals surface area contributed by atoms with Crippen LogP contribution in [0.3, 0.4) is 0 Å². The monoisotopic (exact) mass is 402 g/mol. The van der Waals surface area contributed by atoms with Crippen molar-refractivity contribution in [2.75, 3.05) is 0 Å². The summed E-state index contributed by atoms with van der Waals surface area (Å²) in [5.74, 6) is -0.436. The van der Waals surface area contributed by atoms with Gasteiger partial charge in [0.05, 0.1) is 16.1 Å². The molecule has 0 aliphatic carbocycles. The fraction of sp³-hybridized carbons (Fsp3) is 0.350. The number of carbonyl (C=O) groups excluding carboxylic acids is 1. The van der Waals surface area contributed by atoms with E-state index in [1.807, 2.05) is 26.8 Å². The van der Waals surface area contributed by atoms with Gasteiger partial charge in [-0.1, -0.05) is 19.9 Å². The molecule has 2 heterocycles. The van der Waals surface area contributed by atoms with E-state index in [9.17, 15) is 9.18 Å².